The minimum Gasteiger partial charge on any atom is -0.478 e. The van der Waals surface area contributed by atoms with Crippen LogP contribution in [0, 0.1) is 0 Å². The van der Waals surface area contributed by atoms with Gasteiger partial charge in [0, 0.05) is 18.0 Å². The number of carbonyl (C=O) groups excluding carboxylic acids is 1. The largest absolute Gasteiger partial charge is 0.478 e. The van der Waals surface area contributed by atoms with Gasteiger partial charge in [-0.15, -0.1) is 0 Å². The Morgan fingerprint density at radius 3 is 2.57 bits per heavy atom. The van der Waals surface area contributed by atoms with E-state index in [-0.39, 0.29) is 0 Å². The second-order valence-electron chi connectivity index (χ2n) is 4.09. The first kappa shape index (κ1) is 14.3. The lowest BCUT2D eigenvalue weighted by Crippen LogP contribution is -2.20. The molecule has 0 aliphatic heterocycles. The molecule has 0 radical (unpaired) electrons. The molecule has 0 saturated carbocycles. The van der Waals surface area contributed by atoms with E-state index in [1.165, 1.54) is 12.3 Å². The summed E-state index contributed by atoms with van der Waals surface area (Å²) in [7, 11) is 0. The van der Waals surface area contributed by atoms with Gasteiger partial charge in [0.05, 0.1) is 0 Å². The number of nitrogens with one attached hydrogen (secondary N) is 2. The standard InChI is InChI=1S/C15H13N3O3/c19-14(20)7-6-11-8-9-16-13(10-11)18-15(21)17-12-4-2-1-3-5-12/h1-10H,(H,19,20)(H2,16,17,18,21)/b7-6+. The second kappa shape index (κ2) is 6.85. The molecule has 1 aromatic heterocycles. The van der Waals surface area contributed by atoms with Crippen LogP contribution in [0.5, 0.6) is 0 Å². The third kappa shape index (κ3) is 4.79. The van der Waals surface area contributed by atoms with Crippen molar-refractivity contribution in [1.82, 2.24) is 4.98 Å². The van der Waals surface area contributed by atoms with Crippen molar-refractivity contribution < 1.29 is 14.7 Å². The van der Waals surface area contributed by atoms with E-state index in [0.29, 0.717) is 17.1 Å². The first-order valence-electron chi connectivity index (χ1n) is 6.13. The number of hydrogen-bond donors (Lipinski definition) is 3. The van der Waals surface area contributed by atoms with Crippen LogP contribution in [-0.2, 0) is 4.79 Å². The van der Waals surface area contributed by atoms with Crippen molar-refractivity contribution in [3.63, 3.8) is 0 Å². The first-order valence-corrected chi connectivity index (χ1v) is 6.13. The summed E-state index contributed by atoms with van der Waals surface area (Å²) in [4.78, 5) is 26.2. The van der Waals surface area contributed by atoms with E-state index >= 15 is 0 Å². The molecule has 2 aromatic rings. The molecule has 1 aromatic carbocycles. The maximum atomic E-state index is 11.8. The average molecular weight is 283 g/mol. The Morgan fingerprint density at radius 2 is 1.86 bits per heavy atom. The number of aliphatic carboxylic acids is 1. The highest BCUT2D eigenvalue weighted by atomic mass is 16.4. The smallest absolute Gasteiger partial charge is 0.328 e. The lowest BCUT2D eigenvalue weighted by Gasteiger charge is -2.07. The highest BCUT2D eigenvalue weighted by molar-refractivity contribution is 5.99. The van der Waals surface area contributed by atoms with Crippen LogP contribution in [0.15, 0.2) is 54.7 Å². The molecule has 0 fully saturated rings. The van der Waals surface area contributed by atoms with Gasteiger partial charge in [-0.1, -0.05) is 18.2 Å². The van der Waals surface area contributed by atoms with Gasteiger partial charge in [0.2, 0.25) is 0 Å². The molecule has 6 heteroatoms. The summed E-state index contributed by atoms with van der Waals surface area (Å²) in [6.45, 7) is 0. The maximum absolute atomic E-state index is 11.8. The molecule has 1 heterocycles. The number of carboxylic acid groups (broad SMARTS) is 1. The summed E-state index contributed by atoms with van der Waals surface area (Å²) in [5.41, 5.74) is 1.29. The number of amides is 2. The predicted molar refractivity (Wildman–Crippen MR) is 80.0 cm³/mol. The third-order valence-electron chi connectivity index (χ3n) is 2.48. The Bertz CT molecular complexity index is 669. The zero-order chi connectivity index (χ0) is 15.1. The monoisotopic (exact) mass is 283 g/mol. The Balaban J connectivity index is 2.01. The lowest BCUT2D eigenvalue weighted by molar-refractivity contribution is -0.131. The number of anilines is 2. The van der Waals surface area contributed by atoms with E-state index in [0.717, 1.165) is 6.08 Å². The van der Waals surface area contributed by atoms with Gasteiger partial charge < -0.3 is 10.4 Å². The molecule has 0 atom stereocenters. The Hall–Kier alpha value is -3.15. The summed E-state index contributed by atoms with van der Waals surface area (Å²) >= 11 is 0. The predicted octanol–water partition coefficient (Wildman–Crippen LogP) is 2.82. The molecule has 6 nitrogen and oxygen atoms in total. The highest BCUT2D eigenvalue weighted by Gasteiger charge is 2.03. The Morgan fingerprint density at radius 1 is 1.10 bits per heavy atom. The van der Waals surface area contributed by atoms with Crippen molar-refractivity contribution in [3.05, 3.63) is 60.3 Å². The number of carbonyl (C=O) groups is 2. The van der Waals surface area contributed by atoms with Gasteiger partial charge in [-0.2, -0.15) is 0 Å². The van der Waals surface area contributed by atoms with Crippen LogP contribution in [-0.4, -0.2) is 22.1 Å². The quantitative estimate of drug-likeness (QED) is 0.752. The van der Waals surface area contributed by atoms with Gasteiger partial charge in [0.15, 0.2) is 0 Å². The van der Waals surface area contributed by atoms with Crippen LogP contribution in [0.4, 0.5) is 16.3 Å². The van der Waals surface area contributed by atoms with Crippen LogP contribution in [0.25, 0.3) is 6.08 Å². The van der Waals surface area contributed by atoms with Crippen molar-refractivity contribution in [2.24, 2.45) is 0 Å². The summed E-state index contributed by atoms with van der Waals surface area (Å²) in [6, 6.07) is 11.8. The number of urea groups is 1. The molecule has 0 aliphatic rings. The molecular formula is C15H13N3O3. The number of para-hydroxylation sites is 1. The van der Waals surface area contributed by atoms with Crippen molar-refractivity contribution in [3.8, 4) is 0 Å². The average Bonchev–Trinajstić information content (AvgIpc) is 2.46. The molecule has 106 valence electrons. The minimum absolute atomic E-state index is 0.330. The molecule has 3 N–H and O–H groups in total. The van der Waals surface area contributed by atoms with Crippen molar-refractivity contribution >= 4 is 29.6 Å². The van der Waals surface area contributed by atoms with E-state index in [2.05, 4.69) is 15.6 Å². The SMILES string of the molecule is O=C(O)/C=C/c1ccnc(NC(=O)Nc2ccccc2)c1. The second-order valence-corrected chi connectivity index (χ2v) is 4.09. The lowest BCUT2D eigenvalue weighted by atomic mass is 10.2. The van der Waals surface area contributed by atoms with E-state index in [1.54, 1.807) is 24.3 Å². The topological polar surface area (TPSA) is 91.3 Å². The number of aromatic nitrogens is 1. The van der Waals surface area contributed by atoms with Crippen LogP contribution in [0.1, 0.15) is 5.56 Å². The van der Waals surface area contributed by atoms with Gasteiger partial charge in [-0.25, -0.2) is 14.6 Å². The third-order valence-corrected chi connectivity index (χ3v) is 2.48. The number of hydrogen-bond acceptors (Lipinski definition) is 3. The molecule has 0 saturated heterocycles. The normalized spacial score (nSPS) is 10.3. The van der Waals surface area contributed by atoms with Crippen molar-refractivity contribution in [2.45, 2.75) is 0 Å². The zero-order valence-corrected chi connectivity index (χ0v) is 11.0. The van der Waals surface area contributed by atoms with Gasteiger partial charge in [-0.05, 0) is 35.9 Å². The fourth-order valence-electron chi connectivity index (χ4n) is 1.59. The number of benzene rings is 1. The summed E-state index contributed by atoms with van der Waals surface area (Å²) < 4.78 is 0. The van der Waals surface area contributed by atoms with Gasteiger partial charge >= 0.3 is 12.0 Å². The maximum Gasteiger partial charge on any atom is 0.328 e. The van der Waals surface area contributed by atoms with Crippen molar-refractivity contribution in [1.29, 1.82) is 0 Å². The van der Waals surface area contributed by atoms with E-state index in [4.69, 9.17) is 5.11 Å². The molecule has 2 amide bonds. The fourth-order valence-corrected chi connectivity index (χ4v) is 1.59. The molecule has 0 aliphatic carbocycles. The number of nitrogens with zero attached hydrogens (tertiary/aromatic N) is 1. The van der Waals surface area contributed by atoms with Gasteiger partial charge in [0.25, 0.3) is 0 Å². The number of carboxylic acids is 1. The summed E-state index contributed by atoms with van der Waals surface area (Å²) in [5, 5.41) is 13.8. The summed E-state index contributed by atoms with van der Waals surface area (Å²) in [5.74, 6) is -0.709. The van der Waals surface area contributed by atoms with Gasteiger partial charge in [0.1, 0.15) is 5.82 Å². The van der Waals surface area contributed by atoms with E-state index in [1.807, 2.05) is 18.2 Å². The zero-order valence-electron chi connectivity index (χ0n) is 11.0. The molecular weight excluding hydrogens is 270 g/mol. The summed E-state index contributed by atoms with van der Waals surface area (Å²) in [6.07, 6.45) is 3.92. The minimum atomic E-state index is -1.04. The van der Waals surface area contributed by atoms with E-state index in [9.17, 15) is 9.59 Å². The van der Waals surface area contributed by atoms with Crippen LogP contribution >= 0.6 is 0 Å². The molecule has 0 unspecified atom stereocenters. The first-order chi connectivity index (χ1) is 10.1. The van der Waals surface area contributed by atoms with Crippen LogP contribution < -0.4 is 10.6 Å². The molecule has 0 spiro atoms. The molecule has 21 heavy (non-hydrogen) atoms. The van der Waals surface area contributed by atoms with Crippen LogP contribution in [0.3, 0.4) is 0 Å². The van der Waals surface area contributed by atoms with Crippen molar-refractivity contribution in [2.75, 3.05) is 10.6 Å². The van der Waals surface area contributed by atoms with E-state index < -0.39 is 12.0 Å². The molecule has 2 rings (SSSR count). The molecule has 0 bridgehead atoms. The van der Waals surface area contributed by atoms with Gasteiger partial charge in [-0.3, -0.25) is 5.32 Å². The Labute approximate surface area is 121 Å². The number of pyridine rings is 1. The van der Waals surface area contributed by atoms with Crippen LogP contribution in [0.2, 0.25) is 0 Å². The number of rotatable bonds is 4. The fraction of sp³-hybridized carbons (Fsp3) is 0. The highest BCUT2D eigenvalue weighted by Crippen LogP contribution is 2.10. The Kier molecular flexibility index (Phi) is 4.66.